The van der Waals surface area contributed by atoms with Crippen LogP contribution in [0.2, 0.25) is 0 Å². The van der Waals surface area contributed by atoms with Crippen LogP contribution in [0.4, 0.5) is 0 Å². The van der Waals surface area contributed by atoms with Crippen molar-refractivity contribution in [2.45, 2.75) is 6.92 Å². The third-order valence-corrected chi connectivity index (χ3v) is 2.30. The van der Waals surface area contributed by atoms with E-state index in [1.54, 1.807) is 10.6 Å². The SMILES string of the molecule is Cc1cc(Br)cn2c(C#N)cnc12. The minimum absolute atomic E-state index is 0.555. The van der Waals surface area contributed by atoms with Gasteiger partial charge >= 0.3 is 0 Å². The first-order chi connectivity index (χ1) is 6.22. The van der Waals surface area contributed by atoms with E-state index in [1.807, 2.05) is 19.2 Å². The van der Waals surface area contributed by atoms with Crippen LogP contribution in [-0.2, 0) is 0 Å². The van der Waals surface area contributed by atoms with Gasteiger partial charge in [0.25, 0.3) is 0 Å². The second-order valence-corrected chi connectivity index (χ2v) is 3.71. The zero-order chi connectivity index (χ0) is 9.42. The summed E-state index contributed by atoms with van der Waals surface area (Å²) < 4.78 is 2.73. The van der Waals surface area contributed by atoms with Gasteiger partial charge in [-0.3, -0.25) is 4.40 Å². The Bertz CT molecular complexity index is 507. The fraction of sp³-hybridized carbons (Fsp3) is 0.111. The molecule has 0 radical (unpaired) electrons. The molecule has 0 amide bonds. The Labute approximate surface area is 83.8 Å². The molecule has 64 valence electrons. The summed E-state index contributed by atoms with van der Waals surface area (Å²) in [6.45, 7) is 1.97. The molecule has 3 nitrogen and oxygen atoms in total. The van der Waals surface area contributed by atoms with Gasteiger partial charge in [-0.15, -0.1) is 0 Å². The summed E-state index contributed by atoms with van der Waals surface area (Å²) in [6, 6.07) is 4.06. The second-order valence-electron chi connectivity index (χ2n) is 2.79. The smallest absolute Gasteiger partial charge is 0.144 e. The molecule has 0 aliphatic rings. The van der Waals surface area contributed by atoms with Gasteiger partial charge in [0.05, 0.1) is 6.20 Å². The van der Waals surface area contributed by atoms with Crippen molar-refractivity contribution < 1.29 is 0 Å². The van der Waals surface area contributed by atoms with E-state index in [9.17, 15) is 0 Å². The number of pyridine rings is 1. The highest BCUT2D eigenvalue weighted by molar-refractivity contribution is 9.10. The maximum absolute atomic E-state index is 8.78. The van der Waals surface area contributed by atoms with Gasteiger partial charge in [-0.25, -0.2) is 4.98 Å². The molecule has 0 saturated heterocycles. The molecule has 0 N–H and O–H groups in total. The Morgan fingerprint density at radius 1 is 1.62 bits per heavy atom. The van der Waals surface area contributed by atoms with E-state index in [4.69, 9.17) is 5.26 Å². The minimum atomic E-state index is 0.555. The van der Waals surface area contributed by atoms with Crippen molar-refractivity contribution >= 4 is 21.6 Å². The highest BCUT2D eigenvalue weighted by Crippen LogP contribution is 2.17. The molecule has 0 fully saturated rings. The van der Waals surface area contributed by atoms with Crippen LogP contribution >= 0.6 is 15.9 Å². The minimum Gasteiger partial charge on any atom is -0.290 e. The summed E-state index contributed by atoms with van der Waals surface area (Å²) in [7, 11) is 0. The fourth-order valence-electron chi connectivity index (χ4n) is 1.30. The summed E-state index contributed by atoms with van der Waals surface area (Å²) in [6.07, 6.45) is 3.42. The Morgan fingerprint density at radius 3 is 3.08 bits per heavy atom. The molecule has 2 heterocycles. The van der Waals surface area contributed by atoms with Gasteiger partial charge in [-0.1, -0.05) is 0 Å². The van der Waals surface area contributed by atoms with Crippen molar-refractivity contribution in [3.63, 3.8) is 0 Å². The third kappa shape index (κ3) is 1.21. The summed E-state index contributed by atoms with van der Waals surface area (Å²) in [5.41, 5.74) is 2.44. The van der Waals surface area contributed by atoms with E-state index in [0.29, 0.717) is 5.69 Å². The zero-order valence-corrected chi connectivity index (χ0v) is 8.54. The molecular weight excluding hydrogens is 230 g/mol. The maximum atomic E-state index is 8.78. The van der Waals surface area contributed by atoms with E-state index in [1.165, 1.54) is 0 Å². The first-order valence-corrected chi connectivity index (χ1v) is 4.55. The van der Waals surface area contributed by atoms with Gasteiger partial charge in [0, 0.05) is 10.7 Å². The number of imidazole rings is 1. The molecule has 0 saturated carbocycles. The van der Waals surface area contributed by atoms with Crippen LogP contribution in [0.5, 0.6) is 0 Å². The monoisotopic (exact) mass is 235 g/mol. The molecule has 0 unspecified atom stereocenters. The Balaban J connectivity index is 2.92. The number of nitrogens with zero attached hydrogens (tertiary/aromatic N) is 3. The van der Waals surface area contributed by atoms with Gasteiger partial charge in [0.2, 0.25) is 0 Å². The number of halogens is 1. The number of hydrogen-bond donors (Lipinski definition) is 0. The Morgan fingerprint density at radius 2 is 2.38 bits per heavy atom. The van der Waals surface area contributed by atoms with E-state index < -0.39 is 0 Å². The standard InChI is InChI=1S/C9H6BrN3/c1-6-2-7(10)5-13-8(3-11)4-12-9(6)13/h2,4-5H,1H3. The van der Waals surface area contributed by atoms with Crippen molar-refractivity contribution in [3.05, 3.63) is 34.2 Å². The molecule has 0 atom stereocenters. The molecule has 2 aromatic rings. The van der Waals surface area contributed by atoms with Crippen molar-refractivity contribution in [1.29, 1.82) is 5.26 Å². The lowest BCUT2D eigenvalue weighted by Crippen LogP contribution is -1.90. The van der Waals surface area contributed by atoms with E-state index in [2.05, 4.69) is 27.0 Å². The topological polar surface area (TPSA) is 41.1 Å². The van der Waals surface area contributed by atoms with Crippen molar-refractivity contribution in [2.24, 2.45) is 0 Å². The maximum Gasteiger partial charge on any atom is 0.144 e. The van der Waals surface area contributed by atoms with Gasteiger partial charge in [-0.05, 0) is 34.5 Å². The predicted molar refractivity (Wildman–Crippen MR) is 52.3 cm³/mol. The number of rotatable bonds is 0. The van der Waals surface area contributed by atoms with Crippen LogP contribution in [0.1, 0.15) is 11.3 Å². The lowest BCUT2D eigenvalue weighted by atomic mass is 10.3. The van der Waals surface area contributed by atoms with Crippen LogP contribution in [0.3, 0.4) is 0 Å². The Hall–Kier alpha value is -1.34. The number of aryl methyl sites for hydroxylation is 1. The lowest BCUT2D eigenvalue weighted by molar-refractivity contribution is 1.12. The van der Waals surface area contributed by atoms with Crippen LogP contribution in [-0.4, -0.2) is 9.38 Å². The summed E-state index contributed by atoms with van der Waals surface area (Å²) in [5.74, 6) is 0. The van der Waals surface area contributed by atoms with Crippen LogP contribution < -0.4 is 0 Å². The fourth-order valence-corrected chi connectivity index (χ4v) is 1.85. The quantitative estimate of drug-likeness (QED) is 0.704. The van der Waals surface area contributed by atoms with Crippen LogP contribution in [0, 0.1) is 18.3 Å². The van der Waals surface area contributed by atoms with Crippen molar-refractivity contribution in [3.8, 4) is 6.07 Å². The predicted octanol–water partition coefficient (Wildman–Crippen LogP) is 2.28. The number of nitriles is 1. The van der Waals surface area contributed by atoms with E-state index >= 15 is 0 Å². The highest BCUT2D eigenvalue weighted by atomic mass is 79.9. The molecule has 0 aliphatic heterocycles. The normalized spacial score (nSPS) is 10.2. The summed E-state index contributed by atoms with van der Waals surface area (Å²) in [5, 5.41) is 8.78. The molecule has 4 heteroatoms. The first-order valence-electron chi connectivity index (χ1n) is 3.75. The number of fused-ring (bicyclic) bond motifs is 1. The molecule has 0 bridgehead atoms. The Kier molecular flexibility index (Phi) is 1.82. The second kappa shape index (κ2) is 2.86. The molecule has 0 spiro atoms. The molecular formula is C9H6BrN3. The number of aromatic nitrogens is 2. The highest BCUT2D eigenvalue weighted by Gasteiger charge is 2.04. The van der Waals surface area contributed by atoms with Crippen LogP contribution in [0.25, 0.3) is 5.65 Å². The molecule has 0 aliphatic carbocycles. The largest absolute Gasteiger partial charge is 0.290 e. The zero-order valence-electron chi connectivity index (χ0n) is 6.95. The average Bonchev–Trinajstić information content (AvgIpc) is 2.47. The summed E-state index contributed by atoms with van der Waals surface area (Å²) in [4.78, 5) is 4.15. The van der Waals surface area contributed by atoms with Crippen LogP contribution in [0.15, 0.2) is 22.9 Å². The third-order valence-electron chi connectivity index (χ3n) is 1.87. The van der Waals surface area contributed by atoms with Gasteiger partial charge in [-0.2, -0.15) is 5.26 Å². The summed E-state index contributed by atoms with van der Waals surface area (Å²) >= 11 is 3.37. The van der Waals surface area contributed by atoms with E-state index in [-0.39, 0.29) is 0 Å². The molecule has 2 aromatic heterocycles. The average molecular weight is 236 g/mol. The first kappa shape index (κ1) is 8.27. The molecule has 2 rings (SSSR count). The molecule has 0 aromatic carbocycles. The van der Waals surface area contributed by atoms with E-state index in [0.717, 1.165) is 15.7 Å². The van der Waals surface area contributed by atoms with Crippen molar-refractivity contribution in [2.75, 3.05) is 0 Å². The van der Waals surface area contributed by atoms with Gasteiger partial charge in [0.15, 0.2) is 0 Å². The number of hydrogen-bond acceptors (Lipinski definition) is 2. The van der Waals surface area contributed by atoms with Gasteiger partial charge in [0.1, 0.15) is 17.4 Å². The lowest BCUT2D eigenvalue weighted by Gasteiger charge is -1.99. The molecule has 13 heavy (non-hydrogen) atoms. The van der Waals surface area contributed by atoms with Gasteiger partial charge < -0.3 is 0 Å². The van der Waals surface area contributed by atoms with Crippen molar-refractivity contribution in [1.82, 2.24) is 9.38 Å².